The van der Waals surface area contributed by atoms with E-state index in [0.717, 1.165) is 14.5 Å². The molecule has 0 saturated carbocycles. The van der Waals surface area contributed by atoms with Crippen molar-refractivity contribution >= 4 is 38.9 Å². The van der Waals surface area contributed by atoms with E-state index in [1.165, 1.54) is 11.3 Å². The van der Waals surface area contributed by atoms with Gasteiger partial charge in [0.15, 0.2) is 3.92 Å². The van der Waals surface area contributed by atoms with Gasteiger partial charge in [-0.3, -0.25) is 4.98 Å². The summed E-state index contributed by atoms with van der Waals surface area (Å²) in [7, 11) is 0. The number of halogens is 2. The summed E-state index contributed by atoms with van der Waals surface area (Å²) in [4.78, 5) is 3.96. The van der Waals surface area contributed by atoms with Crippen molar-refractivity contribution in [3.63, 3.8) is 0 Å². The Bertz CT molecular complexity index is 431. The van der Waals surface area contributed by atoms with Crippen LogP contribution in [0.3, 0.4) is 0 Å². The quantitative estimate of drug-likeness (QED) is 0.803. The molecular weight excluding hydrogens is 274 g/mol. The van der Waals surface area contributed by atoms with Crippen LogP contribution in [0.15, 0.2) is 22.4 Å². The van der Waals surface area contributed by atoms with E-state index in [4.69, 9.17) is 11.6 Å². The summed E-state index contributed by atoms with van der Waals surface area (Å²) >= 11 is 10.5. The van der Waals surface area contributed by atoms with E-state index in [0.29, 0.717) is 5.02 Å². The standard InChI is InChI=1S/C7H3BrClN3S/c8-7-12-11-6(13-7)4-1-5(9)3-10-2-4/h1-3H. The second-order valence-corrected chi connectivity index (χ2v) is 4.94. The normalized spacial score (nSPS) is 10.3. The second kappa shape index (κ2) is 3.69. The van der Waals surface area contributed by atoms with Crippen LogP contribution in [0, 0.1) is 0 Å². The third-order valence-corrected chi connectivity index (χ3v) is 2.96. The maximum Gasteiger partial charge on any atom is 0.183 e. The van der Waals surface area contributed by atoms with E-state index in [9.17, 15) is 0 Å². The fourth-order valence-corrected chi connectivity index (χ4v) is 2.12. The van der Waals surface area contributed by atoms with E-state index in [-0.39, 0.29) is 0 Å². The fourth-order valence-electron chi connectivity index (χ4n) is 0.851. The first-order chi connectivity index (χ1) is 6.25. The first-order valence-corrected chi connectivity index (χ1v) is 5.34. The van der Waals surface area contributed by atoms with Gasteiger partial charge in [0.05, 0.1) is 5.02 Å². The van der Waals surface area contributed by atoms with Crippen molar-refractivity contribution in [2.75, 3.05) is 0 Å². The zero-order chi connectivity index (χ0) is 9.26. The van der Waals surface area contributed by atoms with Crippen LogP contribution in [0.2, 0.25) is 5.02 Å². The van der Waals surface area contributed by atoms with Gasteiger partial charge in [0, 0.05) is 18.0 Å². The number of aromatic nitrogens is 3. The molecule has 13 heavy (non-hydrogen) atoms. The number of hydrogen-bond acceptors (Lipinski definition) is 4. The molecule has 0 aliphatic rings. The average Bonchev–Trinajstić information content (AvgIpc) is 2.52. The first-order valence-electron chi connectivity index (χ1n) is 3.35. The van der Waals surface area contributed by atoms with Crippen LogP contribution >= 0.6 is 38.9 Å². The Morgan fingerprint density at radius 1 is 1.31 bits per heavy atom. The molecule has 2 aromatic heterocycles. The molecule has 6 heteroatoms. The summed E-state index contributed by atoms with van der Waals surface area (Å²) in [6.45, 7) is 0. The zero-order valence-electron chi connectivity index (χ0n) is 6.24. The van der Waals surface area contributed by atoms with Gasteiger partial charge >= 0.3 is 0 Å². The Labute approximate surface area is 91.9 Å². The molecule has 0 fully saturated rings. The highest BCUT2D eigenvalue weighted by molar-refractivity contribution is 9.11. The topological polar surface area (TPSA) is 38.7 Å². The van der Waals surface area contributed by atoms with Gasteiger partial charge in [-0.15, -0.1) is 10.2 Å². The molecule has 0 radical (unpaired) electrons. The van der Waals surface area contributed by atoms with Gasteiger partial charge in [-0.25, -0.2) is 0 Å². The predicted octanol–water partition coefficient (Wildman–Crippen LogP) is 3.02. The van der Waals surface area contributed by atoms with Crippen LogP contribution < -0.4 is 0 Å². The molecule has 0 bridgehead atoms. The van der Waals surface area contributed by atoms with E-state index in [1.54, 1.807) is 12.4 Å². The van der Waals surface area contributed by atoms with Crippen LogP contribution in [0.1, 0.15) is 0 Å². The lowest BCUT2D eigenvalue weighted by atomic mass is 10.3. The predicted molar refractivity (Wildman–Crippen MR) is 55.9 cm³/mol. The lowest BCUT2D eigenvalue weighted by Gasteiger charge is -1.93. The van der Waals surface area contributed by atoms with Gasteiger partial charge in [0.25, 0.3) is 0 Å². The Morgan fingerprint density at radius 2 is 2.15 bits per heavy atom. The van der Waals surface area contributed by atoms with E-state index in [1.807, 2.05) is 6.07 Å². The van der Waals surface area contributed by atoms with Gasteiger partial charge < -0.3 is 0 Å². The highest BCUT2D eigenvalue weighted by atomic mass is 79.9. The van der Waals surface area contributed by atoms with Gasteiger partial charge in [0.1, 0.15) is 5.01 Å². The van der Waals surface area contributed by atoms with E-state index >= 15 is 0 Å². The zero-order valence-corrected chi connectivity index (χ0v) is 9.40. The molecule has 0 aliphatic heterocycles. The van der Waals surface area contributed by atoms with Crippen molar-refractivity contribution in [2.24, 2.45) is 0 Å². The first kappa shape index (κ1) is 9.05. The third kappa shape index (κ3) is 2.04. The highest BCUT2D eigenvalue weighted by Crippen LogP contribution is 2.26. The number of pyridine rings is 1. The minimum absolute atomic E-state index is 0.601. The average molecular weight is 277 g/mol. The molecular formula is C7H3BrClN3S. The van der Waals surface area contributed by atoms with E-state index in [2.05, 4.69) is 31.1 Å². The van der Waals surface area contributed by atoms with E-state index < -0.39 is 0 Å². The largest absolute Gasteiger partial charge is 0.262 e. The van der Waals surface area contributed by atoms with Gasteiger partial charge in [-0.2, -0.15) is 0 Å². The molecule has 0 amide bonds. The summed E-state index contributed by atoms with van der Waals surface area (Å²) in [6, 6.07) is 1.81. The van der Waals surface area contributed by atoms with Crippen LogP contribution in [-0.2, 0) is 0 Å². The highest BCUT2D eigenvalue weighted by Gasteiger charge is 2.04. The maximum absolute atomic E-state index is 5.78. The monoisotopic (exact) mass is 275 g/mol. The Kier molecular flexibility index (Phi) is 2.57. The number of rotatable bonds is 1. The van der Waals surface area contributed by atoms with Crippen LogP contribution in [-0.4, -0.2) is 15.2 Å². The molecule has 0 atom stereocenters. The summed E-state index contributed by atoms with van der Waals surface area (Å²) < 4.78 is 0.752. The summed E-state index contributed by atoms with van der Waals surface area (Å²) in [5.74, 6) is 0. The fraction of sp³-hybridized carbons (Fsp3) is 0. The Balaban J connectivity index is 2.46. The molecule has 0 saturated heterocycles. The lowest BCUT2D eigenvalue weighted by molar-refractivity contribution is 1.07. The van der Waals surface area contributed by atoms with Crippen molar-refractivity contribution in [2.45, 2.75) is 0 Å². The summed E-state index contributed by atoms with van der Waals surface area (Å²) in [6.07, 6.45) is 3.29. The molecule has 0 aromatic carbocycles. The SMILES string of the molecule is Clc1cncc(-c2nnc(Br)s2)c1. The van der Waals surface area contributed by atoms with Crippen molar-refractivity contribution in [3.05, 3.63) is 27.4 Å². The third-order valence-electron chi connectivity index (χ3n) is 1.35. The molecule has 66 valence electrons. The Hall–Kier alpha value is -0.520. The number of hydrogen-bond donors (Lipinski definition) is 0. The lowest BCUT2D eigenvalue weighted by Crippen LogP contribution is -1.78. The van der Waals surface area contributed by atoms with Crippen molar-refractivity contribution in [3.8, 4) is 10.6 Å². The molecule has 2 heterocycles. The van der Waals surface area contributed by atoms with Crippen molar-refractivity contribution < 1.29 is 0 Å². The molecule has 2 aromatic rings. The number of nitrogens with zero attached hydrogens (tertiary/aromatic N) is 3. The summed E-state index contributed by atoms with van der Waals surface area (Å²) in [5.41, 5.74) is 0.885. The minimum atomic E-state index is 0.601. The van der Waals surface area contributed by atoms with Crippen molar-refractivity contribution in [1.82, 2.24) is 15.2 Å². The van der Waals surface area contributed by atoms with Crippen LogP contribution in [0.4, 0.5) is 0 Å². The van der Waals surface area contributed by atoms with Gasteiger partial charge in [0.2, 0.25) is 0 Å². The molecule has 0 aliphatic carbocycles. The van der Waals surface area contributed by atoms with Crippen LogP contribution in [0.25, 0.3) is 10.6 Å². The van der Waals surface area contributed by atoms with Crippen LogP contribution in [0.5, 0.6) is 0 Å². The minimum Gasteiger partial charge on any atom is -0.262 e. The van der Waals surface area contributed by atoms with Gasteiger partial charge in [-0.05, 0) is 22.0 Å². The van der Waals surface area contributed by atoms with Crippen molar-refractivity contribution in [1.29, 1.82) is 0 Å². The molecule has 0 unspecified atom stereocenters. The summed E-state index contributed by atoms with van der Waals surface area (Å²) in [5, 5.41) is 9.20. The smallest absolute Gasteiger partial charge is 0.183 e. The Morgan fingerprint density at radius 3 is 2.77 bits per heavy atom. The second-order valence-electron chi connectivity index (χ2n) is 2.25. The molecule has 0 N–H and O–H groups in total. The van der Waals surface area contributed by atoms with Gasteiger partial charge in [-0.1, -0.05) is 22.9 Å². The molecule has 0 spiro atoms. The molecule has 2 rings (SSSR count). The maximum atomic E-state index is 5.78. The molecule has 3 nitrogen and oxygen atoms in total.